The van der Waals surface area contributed by atoms with Crippen LogP contribution in [0.3, 0.4) is 0 Å². The average Bonchev–Trinajstić information content (AvgIpc) is 2.42. The molecule has 0 aliphatic heterocycles. The number of hydrogen-bond donors (Lipinski definition) is 3. The lowest BCUT2D eigenvalue weighted by Crippen LogP contribution is -2.46. The molecule has 0 radical (unpaired) electrons. The maximum absolute atomic E-state index is 11.5. The summed E-state index contributed by atoms with van der Waals surface area (Å²) in [5.41, 5.74) is 5.90. The van der Waals surface area contributed by atoms with Gasteiger partial charge in [0.1, 0.15) is 11.3 Å². The van der Waals surface area contributed by atoms with Crippen LogP contribution in [0, 0.1) is 0 Å². The molecule has 0 saturated heterocycles. The molecule has 2 aromatic carbocycles. The summed E-state index contributed by atoms with van der Waals surface area (Å²) in [6, 6.07) is 15.1. The number of aliphatic carboxylic acids is 1. The monoisotopic (exact) mass is 257 g/mol. The minimum absolute atomic E-state index is 0.140. The van der Waals surface area contributed by atoms with Crippen molar-refractivity contribution in [2.75, 3.05) is 0 Å². The van der Waals surface area contributed by atoms with Crippen molar-refractivity contribution in [1.82, 2.24) is 0 Å². The zero-order valence-electron chi connectivity index (χ0n) is 10.3. The third kappa shape index (κ3) is 2.74. The highest BCUT2D eigenvalue weighted by Crippen LogP contribution is 2.24. The molecule has 2 aromatic rings. The van der Waals surface area contributed by atoms with Crippen molar-refractivity contribution >= 4 is 5.97 Å². The number of carboxylic acids is 1. The fourth-order valence-electron chi connectivity index (χ4n) is 1.97. The molecule has 0 saturated carbocycles. The van der Waals surface area contributed by atoms with E-state index in [0.717, 1.165) is 5.56 Å². The van der Waals surface area contributed by atoms with Crippen LogP contribution in [0.5, 0.6) is 5.75 Å². The van der Waals surface area contributed by atoms with Gasteiger partial charge in [0.2, 0.25) is 0 Å². The fourth-order valence-corrected chi connectivity index (χ4v) is 1.97. The first-order valence-corrected chi connectivity index (χ1v) is 5.88. The van der Waals surface area contributed by atoms with Gasteiger partial charge in [-0.05, 0) is 23.3 Å². The minimum atomic E-state index is -1.47. The van der Waals surface area contributed by atoms with Crippen LogP contribution in [0.15, 0.2) is 54.6 Å². The summed E-state index contributed by atoms with van der Waals surface area (Å²) >= 11 is 0. The number of carboxylic acid groups (broad SMARTS) is 1. The lowest BCUT2D eigenvalue weighted by atomic mass is 9.85. The molecular formula is C15H15NO3. The number of phenolic OH excluding ortho intramolecular Hbond substituents is 1. The van der Waals surface area contributed by atoms with Crippen LogP contribution in [-0.4, -0.2) is 16.2 Å². The maximum atomic E-state index is 11.5. The Labute approximate surface area is 111 Å². The predicted octanol–water partition coefficient (Wildman–Crippen LogP) is 1.87. The zero-order chi connectivity index (χ0) is 13.9. The summed E-state index contributed by atoms with van der Waals surface area (Å²) in [4.78, 5) is 11.5. The molecule has 0 spiro atoms. The summed E-state index contributed by atoms with van der Waals surface area (Å²) in [5.74, 6) is -0.937. The molecule has 0 unspecified atom stereocenters. The molecule has 0 aliphatic carbocycles. The second-order valence-corrected chi connectivity index (χ2v) is 4.49. The first-order valence-electron chi connectivity index (χ1n) is 5.88. The molecule has 4 heteroatoms. The van der Waals surface area contributed by atoms with Crippen molar-refractivity contribution in [2.24, 2.45) is 5.73 Å². The highest BCUT2D eigenvalue weighted by Gasteiger charge is 2.36. The molecule has 1 atom stereocenters. The average molecular weight is 257 g/mol. The Bertz CT molecular complexity index is 566. The van der Waals surface area contributed by atoms with Crippen molar-refractivity contribution in [1.29, 1.82) is 0 Å². The van der Waals surface area contributed by atoms with Gasteiger partial charge in [-0.1, -0.05) is 42.5 Å². The molecular weight excluding hydrogens is 242 g/mol. The lowest BCUT2D eigenvalue weighted by Gasteiger charge is -2.25. The standard InChI is InChI=1S/C15H15NO3/c16-15(14(18)19,12-4-2-1-3-5-12)10-11-6-8-13(17)9-7-11/h1-9,17H,10,16H2,(H,18,19)/t15-/m0/s1. The lowest BCUT2D eigenvalue weighted by molar-refractivity contribution is -0.143. The maximum Gasteiger partial charge on any atom is 0.328 e. The number of rotatable bonds is 4. The van der Waals surface area contributed by atoms with E-state index in [9.17, 15) is 15.0 Å². The second-order valence-electron chi connectivity index (χ2n) is 4.49. The zero-order valence-corrected chi connectivity index (χ0v) is 10.3. The van der Waals surface area contributed by atoms with E-state index in [1.54, 1.807) is 36.4 Å². The van der Waals surface area contributed by atoms with Gasteiger partial charge in [-0.2, -0.15) is 0 Å². The van der Waals surface area contributed by atoms with Gasteiger partial charge in [-0.15, -0.1) is 0 Å². The Morgan fingerprint density at radius 3 is 2.16 bits per heavy atom. The van der Waals surface area contributed by atoms with E-state index in [1.807, 2.05) is 6.07 Å². The summed E-state index contributed by atoms with van der Waals surface area (Å²) < 4.78 is 0. The van der Waals surface area contributed by atoms with Crippen LogP contribution in [0.25, 0.3) is 0 Å². The molecule has 98 valence electrons. The van der Waals surface area contributed by atoms with Crippen LogP contribution in [-0.2, 0) is 16.8 Å². The molecule has 0 aliphatic rings. The molecule has 2 rings (SSSR count). The Balaban J connectivity index is 2.36. The summed E-state index contributed by atoms with van der Waals surface area (Å²) in [5, 5.41) is 18.7. The molecule has 4 N–H and O–H groups in total. The molecule has 0 fully saturated rings. The normalized spacial score (nSPS) is 13.7. The van der Waals surface area contributed by atoms with Gasteiger partial charge in [0.05, 0.1) is 0 Å². The number of aromatic hydroxyl groups is 1. The van der Waals surface area contributed by atoms with Gasteiger partial charge in [-0.25, -0.2) is 4.79 Å². The SMILES string of the molecule is N[C@](Cc1ccc(O)cc1)(C(=O)O)c1ccccc1. The van der Waals surface area contributed by atoms with Gasteiger partial charge >= 0.3 is 5.97 Å². The highest BCUT2D eigenvalue weighted by atomic mass is 16.4. The number of benzene rings is 2. The molecule has 0 bridgehead atoms. The van der Waals surface area contributed by atoms with Crippen LogP contribution >= 0.6 is 0 Å². The predicted molar refractivity (Wildman–Crippen MR) is 71.8 cm³/mol. The van der Waals surface area contributed by atoms with E-state index in [4.69, 9.17) is 5.73 Å². The van der Waals surface area contributed by atoms with Crippen LogP contribution in [0.4, 0.5) is 0 Å². The number of hydrogen-bond acceptors (Lipinski definition) is 3. The van der Waals surface area contributed by atoms with E-state index in [1.165, 1.54) is 12.1 Å². The quantitative estimate of drug-likeness (QED) is 0.780. The smallest absolute Gasteiger partial charge is 0.328 e. The topological polar surface area (TPSA) is 83.5 Å². The van der Waals surface area contributed by atoms with E-state index < -0.39 is 11.5 Å². The van der Waals surface area contributed by atoms with Gasteiger partial charge < -0.3 is 15.9 Å². The van der Waals surface area contributed by atoms with Crippen LogP contribution in [0.1, 0.15) is 11.1 Å². The summed E-state index contributed by atoms with van der Waals surface area (Å²) in [6.07, 6.45) is 0.159. The first kappa shape index (κ1) is 13.1. The van der Waals surface area contributed by atoms with Crippen LogP contribution in [0.2, 0.25) is 0 Å². The first-order chi connectivity index (χ1) is 9.02. The molecule has 4 nitrogen and oxygen atoms in total. The van der Waals surface area contributed by atoms with Gasteiger partial charge in [0.15, 0.2) is 0 Å². The van der Waals surface area contributed by atoms with Crippen molar-refractivity contribution in [3.63, 3.8) is 0 Å². The van der Waals surface area contributed by atoms with Crippen molar-refractivity contribution in [2.45, 2.75) is 12.0 Å². The summed E-state index contributed by atoms with van der Waals surface area (Å²) in [7, 11) is 0. The number of nitrogens with two attached hydrogens (primary N) is 1. The second kappa shape index (κ2) is 5.12. The Kier molecular flexibility index (Phi) is 3.53. The molecule has 0 aromatic heterocycles. The molecule has 19 heavy (non-hydrogen) atoms. The van der Waals surface area contributed by atoms with Gasteiger partial charge in [0, 0.05) is 6.42 Å². The summed E-state index contributed by atoms with van der Waals surface area (Å²) in [6.45, 7) is 0. The van der Waals surface area contributed by atoms with E-state index in [-0.39, 0.29) is 12.2 Å². The molecule has 0 amide bonds. The minimum Gasteiger partial charge on any atom is -0.508 e. The molecule has 0 heterocycles. The highest BCUT2D eigenvalue weighted by molar-refractivity contribution is 5.81. The largest absolute Gasteiger partial charge is 0.508 e. The number of phenols is 1. The van der Waals surface area contributed by atoms with Crippen molar-refractivity contribution < 1.29 is 15.0 Å². The third-order valence-electron chi connectivity index (χ3n) is 3.09. The Hall–Kier alpha value is -2.33. The van der Waals surface area contributed by atoms with Gasteiger partial charge in [0.25, 0.3) is 0 Å². The van der Waals surface area contributed by atoms with E-state index in [2.05, 4.69) is 0 Å². The number of carbonyl (C=O) groups is 1. The van der Waals surface area contributed by atoms with Crippen molar-refractivity contribution in [3.05, 3.63) is 65.7 Å². The van der Waals surface area contributed by atoms with E-state index in [0.29, 0.717) is 5.56 Å². The fraction of sp³-hybridized carbons (Fsp3) is 0.133. The third-order valence-corrected chi connectivity index (χ3v) is 3.09. The van der Waals surface area contributed by atoms with Gasteiger partial charge in [-0.3, -0.25) is 0 Å². The van der Waals surface area contributed by atoms with Crippen molar-refractivity contribution in [3.8, 4) is 5.75 Å². The Morgan fingerprint density at radius 2 is 1.63 bits per heavy atom. The van der Waals surface area contributed by atoms with Crippen LogP contribution < -0.4 is 5.73 Å². The Morgan fingerprint density at radius 1 is 1.05 bits per heavy atom. The van der Waals surface area contributed by atoms with E-state index >= 15 is 0 Å².